The Bertz CT molecular complexity index is 1500. The molecule has 7 nitrogen and oxygen atoms in total. The third kappa shape index (κ3) is 5.31. The fraction of sp³-hybridized carbons (Fsp3) is 0.0370. The van der Waals surface area contributed by atoms with Crippen molar-refractivity contribution in [2.24, 2.45) is 0 Å². The van der Waals surface area contributed by atoms with E-state index in [0.29, 0.717) is 11.3 Å². The van der Waals surface area contributed by atoms with Crippen LogP contribution in [0, 0.1) is 27.3 Å². The van der Waals surface area contributed by atoms with Gasteiger partial charge in [-0.2, -0.15) is 5.26 Å². The first-order valence-corrected chi connectivity index (χ1v) is 10.5. The Kier molecular flexibility index (Phi) is 6.79. The number of carbonyl (C=O) groups excluding carboxylic acids is 1. The highest BCUT2D eigenvalue weighted by molar-refractivity contribution is 6.10. The molecule has 4 rings (SSSR count). The minimum atomic E-state index is -0.907. The summed E-state index contributed by atoms with van der Waals surface area (Å²) in [7, 11) is 0. The predicted octanol–water partition coefficient (Wildman–Crippen LogP) is 6.01. The number of ether oxygens (including phenoxy) is 1. The van der Waals surface area contributed by atoms with E-state index in [1.165, 1.54) is 6.08 Å². The normalized spacial score (nSPS) is 11.0. The Hall–Kier alpha value is -5.03. The number of nitro groups is 1. The van der Waals surface area contributed by atoms with Crippen LogP contribution in [0.3, 0.4) is 0 Å². The number of fused-ring (bicyclic) bond motifs is 1. The van der Waals surface area contributed by atoms with Gasteiger partial charge in [0.2, 0.25) is 0 Å². The number of anilines is 1. The lowest BCUT2D eigenvalue weighted by molar-refractivity contribution is -0.384. The molecule has 0 unspecified atom stereocenters. The standard InChI is InChI=1S/C27H18FN3O4/c28-24-13-12-22(31(33)34)15-25(24)30-27(32)21(16-29)14-19-7-2-4-11-26(19)35-17-20-9-5-8-18-6-1-3-10-23(18)20/h1-15H,17H2,(H,30,32). The SMILES string of the molecule is N#CC(=Cc1ccccc1OCc1cccc2ccccc12)C(=O)Nc1cc([N+](=O)[O-])ccc1F. The Morgan fingerprint density at radius 2 is 1.80 bits per heavy atom. The first kappa shape index (κ1) is 23.1. The van der Waals surface area contributed by atoms with E-state index < -0.39 is 28.0 Å². The lowest BCUT2D eigenvalue weighted by Gasteiger charge is -2.12. The molecule has 0 aliphatic heterocycles. The zero-order valence-corrected chi connectivity index (χ0v) is 18.3. The number of non-ortho nitro benzene ring substituents is 1. The van der Waals surface area contributed by atoms with Crippen molar-refractivity contribution >= 4 is 34.1 Å². The fourth-order valence-electron chi connectivity index (χ4n) is 3.52. The molecule has 4 aromatic rings. The molecule has 0 saturated heterocycles. The minimum absolute atomic E-state index is 0.263. The summed E-state index contributed by atoms with van der Waals surface area (Å²) in [6.07, 6.45) is 1.32. The lowest BCUT2D eigenvalue weighted by atomic mass is 10.1. The molecule has 0 spiro atoms. The van der Waals surface area contributed by atoms with Crippen LogP contribution in [-0.4, -0.2) is 10.8 Å². The fourth-order valence-corrected chi connectivity index (χ4v) is 3.52. The number of nitriles is 1. The van der Waals surface area contributed by atoms with Crippen molar-refractivity contribution in [3.05, 3.63) is 118 Å². The number of halogens is 1. The molecular weight excluding hydrogens is 449 g/mol. The Balaban J connectivity index is 1.57. The van der Waals surface area contributed by atoms with E-state index in [2.05, 4.69) is 5.32 Å². The van der Waals surface area contributed by atoms with Crippen LogP contribution in [0.4, 0.5) is 15.8 Å². The smallest absolute Gasteiger partial charge is 0.271 e. The van der Waals surface area contributed by atoms with Gasteiger partial charge in [0.1, 0.15) is 29.8 Å². The maximum atomic E-state index is 14.1. The van der Waals surface area contributed by atoms with Gasteiger partial charge in [0.05, 0.1) is 10.6 Å². The number of nitro benzene ring substituents is 1. The van der Waals surface area contributed by atoms with Crippen molar-refractivity contribution in [3.8, 4) is 11.8 Å². The summed E-state index contributed by atoms with van der Waals surface area (Å²) in [5.74, 6) is -1.32. The second-order valence-electron chi connectivity index (χ2n) is 7.51. The Labute approximate surface area is 199 Å². The highest BCUT2D eigenvalue weighted by Crippen LogP contribution is 2.26. The molecule has 0 heterocycles. The number of hydrogen-bond donors (Lipinski definition) is 1. The third-order valence-corrected chi connectivity index (χ3v) is 5.26. The van der Waals surface area contributed by atoms with Crippen LogP contribution in [0.15, 0.2) is 90.5 Å². The van der Waals surface area contributed by atoms with E-state index in [1.807, 2.05) is 42.5 Å². The molecule has 0 aliphatic rings. The van der Waals surface area contributed by atoms with Crippen LogP contribution < -0.4 is 10.1 Å². The van der Waals surface area contributed by atoms with Gasteiger partial charge in [-0.05, 0) is 34.5 Å². The summed E-state index contributed by atoms with van der Waals surface area (Å²) in [4.78, 5) is 22.9. The average molecular weight is 467 g/mol. The molecule has 1 N–H and O–H groups in total. The molecule has 35 heavy (non-hydrogen) atoms. The van der Waals surface area contributed by atoms with Crippen molar-refractivity contribution in [1.29, 1.82) is 5.26 Å². The van der Waals surface area contributed by atoms with Crippen molar-refractivity contribution < 1.29 is 18.8 Å². The summed E-state index contributed by atoms with van der Waals surface area (Å²) in [6, 6.07) is 25.3. The molecule has 0 atom stereocenters. The van der Waals surface area contributed by atoms with Gasteiger partial charge in [0.25, 0.3) is 11.6 Å². The molecule has 172 valence electrons. The highest BCUT2D eigenvalue weighted by Gasteiger charge is 2.16. The molecule has 8 heteroatoms. The van der Waals surface area contributed by atoms with Gasteiger partial charge in [-0.15, -0.1) is 0 Å². The van der Waals surface area contributed by atoms with E-state index in [1.54, 1.807) is 30.3 Å². The van der Waals surface area contributed by atoms with E-state index in [0.717, 1.165) is 34.5 Å². The van der Waals surface area contributed by atoms with Crippen LogP contribution in [0.25, 0.3) is 16.8 Å². The van der Waals surface area contributed by atoms with E-state index in [-0.39, 0.29) is 12.2 Å². The highest BCUT2D eigenvalue weighted by atomic mass is 19.1. The summed E-state index contributed by atoms with van der Waals surface area (Å²) < 4.78 is 20.1. The molecule has 0 bridgehead atoms. The minimum Gasteiger partial charge on any atom is -0.488 e. The Morgan fingerprint density at radius 1 is 1.06 bits per heavy atom. The maximum absolute atomic E-state index is 14.1. The topological polar surface area (TPSA) is 105 Å². The second kappa shape index (κ2) is 10.3. The zero-order valence-electron chi connectivity index (χ0n) is 18.3. The van der Waals surface area contributed by atoms with Gasteiger partial charge in [-0.25, -0.2) is 4.39 Å². The predicted molar refractivity (Wildman–Crippen MR) is 130 cm³/mol. The number of rotatable bonds is 7. The van der Waals surface area contributed by atoms with Gasteiger partial charge in [-0.1, -0.05) is 60.7 Å². The molecule has 0 radical (unpaired) electrons. The largest absolute Gasteiger partial charge is 0.488 e. The van der Waals surface area contributed by atoms with Crippen LogP contribution >= 0.6 is 0 Å². The molecular formula is C27H18FN3O4. The molecule has 0 aromatic heterocycles. The van der Waals surface area contributed by atoms with Gasteiger partial charge in [-0.3, -0.25) is 14.9 Å². The van der Waals surface area contributed by atoms with Gasteiger partial charge in [0, 0.05) is 17.7 Å². The summed E-state index contributed by atoms with van der Waals surface area (Å²) in [5, 5.41) is 24.9. The number of benzene rings is 4. The number of nitrogens with zero attached hydrogens (tertiary/aromatic N) is 2. The zero-order chi connectivity index (χ0) is 24.8. The summed E-state index contributed by atoms with van der Waals surface area (Å²) in [5.41, 5.74) is 0.333. The first-order valence-electron chi connectivity index (χ1n) is 10.5. The quantitative estimate of drug-likeness (QED) is 0.155. The van der Waals surface area contributed by atoms with Crippen LogP contribution in [-0.2, 0) is 11.4 Å². The molecule has 0 saturated carbocycles. The Morgan fingerprint density at radius 3 is 2.60 bits per heavy atom. The van der Waals surface area contributed by atoms with Crippen molar-refractivity contribution in [1.82, 2.24) is 0 Å². The molecule has 0 fully saturated rings. The first-order chi connectivity index (χ1) is 17.0. The molecule has 0 aliphatic carbocycles. The summed E-state index contributed by atoms with van der Waals surface area (Å²) in [6.45, 7) is 0.263. The van der Waals surface area contributed by atoms with E-state index >= 15 is 0 Å². The maximum Gasteiger partial charge on any atom is 0.271 e. The van der Waals surface area contributed by atoms with Crippen LogP contribution in [0.1, 0.15) is 11.1 Å². The van der Waals surface area contributed by atoms with Gasteiger partial charge in [0.15, 0.2) is 0 Å². The third-order valence-electron chi connectivity index (χ3n) is 5.26. The van der Waals surface area contributed by atoms with Crippen molar-refractivity contribution in [2.45, 2.75) is 6.61 Å². The van der Waals surface area contributed by atoms with Crippen LogP contribution in [0.2, 0.25) is 0 Å². The van der Waals surface area contributed by atoms with Crippen molar-refractivity contribution in [3.63, 3.8) is 0 Å². The van der Waals surface area contributed by atoms with Crippen LogP contribution in [0.5, 0.6) is 5.75 Å². The number of nitrogens with one attached hydrogen (secondary N) is 1. The molecule has 4 aromatic carbocycles. The lowest BCUT2D eigenvalue weighted by Crippen LogP contribution is -2.14. The number of carbonyl (C=O) groups is 1. The molecule has 1 amide bonds. The van der Waals surface area contributed by atoms with E-state index in [4.69, 9.17) is 4.74 Å². The average Bonchev–Trinajstić information content (AvgIpc) is 2.87. The van der Waals surface area contributed by atoms with E-state index in [9.17, 15) is 24.6 Å². The number of amides is 1. The van der Waals surface area contributed by atoms with Crippen molar-refractivity contribution in [2.75, 3.05) is 5.32 Å². The number of para-hydroxylation sites is 1. The van der Waals surface area contributed by atoms with Gasteiger partial charge < -0.3 is 10.1 Å². The van der Waals surface area contributed by atoms with Gasteiger partial charge >= 0.3 is 0 Å². The monoisotopic (exact) mass is 467 g/mol. The number of hydrogen-bond acceptors (Lipinski definition) is 5. The second-order valence-corrected chi connectivity index (χ2v) is 7.51. The summed E-state index contributed by atoms with van der Waals surface area (Å²) >= 11 is 0.